The van der Waals surface area contributed by atoms with Crippen LogP contribution in [0.25, 0.3) is 11.1 Å². The molecule has 1 aliphatic rings. The Morgan fingerprint density at radius 1 is 0.765 bits per heavy atom. The van der Waals surface area contributed by atoms with E-state index in [1.54, 1.807) is 7.05 Å². The van der Waals surface area contributed by atoms with Gasteiger partial charge in [-0.25, -0.2) is 4.79 Å². The van der Waals surface area contributed by atoms with Gasteiger partial charge in [0.05, 0.1) is 52.9 Å². The zero-order chi connectivity index (χ0) is 24.0. The van der Waals surface area contributed by atoms with E-state index in [1.807, 2.05) is 24.3 Å². The van der Waals surface area contributed by atoms with Crippen LogP contribution < -0.4 is 0 Å². The Bertz CT molecular complexity index is 834. The zero-order valence-corrected chi connectivity index (χ0v) is 20.5. The highest BCUT2D eigenvalue weighted by Gasteiger charge is 2.29. The summed E-state index contributed by atoms with van der Waals surface area (Å²) in [5.41, 5.74) is 4.83. The lowest BCUT2D eigenvalue weighted by molar-refractivity contribution is -0.00207. The van der Waals surface area contributed by atoms with Gasteiger partial charge in [0.15, 0.2) is 0 Å². The van der Waals surface area contributed by atoms with Crippen molar-refractivity contribution < 1.29 is 28.5 Å². The summed E-state index contributed by atoms with van der Waals surface area (Å²) in [4.78, 5) is 14.0. The van der Waals surface area contributed by atoms with Gasteiger partial charge in [-0.2, -0.15) is 0 Å². The van der Waals surface area contributed by atoms with Crippen molar-refractivity contribution >= 4 is 17.7 Å². The number of amides is 1. The zero-order valence-electron chi connectivity index (χ0n) is 19.7. The molecule has 0 atom stereocenters. The largest absolute Gasteiger partial charge is 0.448 e. The number of fused-ring (bicyclic) bond motifs is 3. The third-order valence-electron chi connectivity index (χ3n) is 5.56. The number of likely N-dealkylation sites (N-methyl/N-ethyl adjacent to an activating group) is 1. The van der Waals surface area contributed by atoms with Gasteiger partial charge in [0.25, 0.3) is 0 Å². The highest BCUT2D eigenvalue weighted by Crippen LogP contribution is 2.44. The summed E-state index contributed by atoms with van der Waals surface area (Å²) in [6.07, 6.45) is -0.353. The van der Waals surface area contributed by atoms with E-state index in [1.165, 1.54) is 27.2 Å². The minimum absolute atomic E-state index is 0.0558. The van der Waals surface area contributed by atoms with E-state index in [2.05, 4.69) is 24.3 Å². The van der Waals surface area contributed by atoms with E-state index in [9.17, 15) is 4.79 Å². The van der Waals surface area contributed by atoms with Crippen molar-refractivity contribution in [1.29, 1.82) is 0 Å². The maximum Gasteiger partial charge on any atom is 0.409 e. The highest BCUT2D eigenvalue weighted by atomic mass is 35.5. The van der Waals surface area contributed by atoms with Gasteiger partial charge in [0.2, 0.25) is 0 Å². The Hall–Kier alpha value is -2.16. The SMILES string of the molecule is CN(CCOCCOCCOCCOCCCl)C(=O)OCC1c2ccccc2-c2ccccc21. The first-order chi connectivity index (χ1) is 16.7. The fraction of sp³-hybridized carbons (Fsp3) is 0.500. The average molecular weight is 492 g/mol. The second kappa shape index (κ2) is 15.0. The molecule has 0 saturated carbocycles. The summed E-state index contributed by atoms with van der Waals surface area (Å²) in [6.45, 7) is 4.71. The number of benzene rings is 2. The van der Waals surface area contributed by atoms with Crippen LogP contribution in [-0.4, -0.2) is 89.9 Å². The van der Waals surface area contributed by atoms with E-state index in [-0.39, 0.29) is 12.0 Å². The fourth-order valence-electron chi connectivity index (χ4n) is 3.81. The Morgan fingerprint density at radius 2 is 1.24 bits per heavy atom. The van der Waals surface area contributed by atoms with Gasteiger partial charge in [-0.15, -0.1) is 11.6 Å². The third-order valence-corrected chi connectivity index (χ3v) is 5.71. The Morgan fingerprint density at radius 3 is 1.76 bits per heavy atom. The predicted octanol–water partition coefficient (Wildman–Crippen LogP) is 4.17. The van der Waals surface area contributed by atoms with Crippen LogP contribution >= 0.6 is 11.6 Å². The topological polar surface area (TPSA) is 66.5 Å². The van der Waals surface area contributed by atoms with E-state index in [4.69, 9.17) is 35.3 Å². The molecule has 0 fully saturated rings. The fourth-order valence-corrected chi connectivity index (χ4v) is 3.92. The minimum atomic E-state index is -0.353. The van der Waals surface area contributed by atoms with Crippen molar-refractivity contribution in [3.8, 4) is 11.1 Å². The van der Waals surface area contributed by atoms with Crippen LogP contribution in [0.2, 0.25) is 0 Å². The molecule has 0 saturated heterocycles. The van der Waals surface area contributed by atoms with Gasteiger partial charge < -0.3 is 28.6 Å². The molecule has 1 amide bonds. The number of carbonyl (C=O) groups excluding carboxylic acids is 1. The smallest absolute Gasteiger partial charge is 0.409 e. The molecule has 0 N–H and O–H groups in total. The van der Waals surface area contributed by atoms with Crippen molar-refractivity contribution in [3.05, 3.63) is 59.7 Å². The van der Waals surface area contributed by atoms with Crippen LogP contribution in [0.15, 0.2) is 48.5 Å². The van der Waals surface area contributed by atoms with Crippen LogP contribution in [0.5, 0.6) is 0 Å². The van der Waals surface area contributed by atoms with Gasteiger partial charge in [0.1, 0.15) is 6.61 Å². The molecule has 0 bridgehead atoms. The van der Waals surface area contributed by atoms with Crippen LogP contribution in [0.1, 0.15) is 17.0 Å². The number of carbonyl (C=O) groups is 1. The van der Waals surface area contributed by atoms with Gasteiger partial charge >= 0.3 is 6.09 Å². The summed E-state index contributed by atoms with van der Waals surface area (Å²) in [5, 5.41) is 0. The lowest BCUT2D eigenvalue weighted by atomic mass is 9.98. The molecule has 7 nitrogen and oxygen atoms in total. The van der Waals surface area contributed by atoms with Crippen LogP contribution in [0.4, 0.5) is 4.79 Å². The van der Waals surface area contributed by atoms with E-state index < -0.39 is 0 Å². The standard InChI is InChI=1S/C26H34ClNO6/c1-28(11-13-31-15-17-33-19-18-32-16-14-30-12-10-27)26(29)34-20-25-23-8-4-2-6-21(23)22-7-3-5-9-24(22)25/h2-9,25H,10-20H2,1H3. The molecule has 0 aliphatic heterocycles. The first kappa shape index (κ1) is 26.4. The van der Waals surface area contributed by atoms with E-state index in [0.29, 0.717) is 71.9 Å². The summed E-state index contributed by atoms with van der Waals surface area (Å²) in [7, 11) is 1.72. The molecule has 0 spiro atoms. The number of halogens is 1. The first-order valence-corrected chi connectivity index (χ1v) is 12.2. The second-order valence-electron chi connectivity index (χ2n) is 7.86. The predicted molar refractivity (Wildman–Crippen MR) is 132 cm³/mol. The summed E-state index contributed by atoms with van der Waals surface area (Å²) >= 11 is 5.51. The van der Waals surface area contributed by atoms with Gasteiger partial charge in [0, 0.05) is 25.4 Å². The molecule has 3 rings (SSSR count). The van der Waals surface area contributed by atoms with Crippen LogP contribution in [0, 0.1) is 0 Å². The molecule has 0 heterocycles. The molecule has 186 valence electrons. The van der Waals surface area contributed by atoms with Gasteiger partial charge in [-0.3, -0.25) is 0 Å². The maximum absolute atomic E-state index is 12.5. The number of hydrogen-bond acceptors (Lipinski definition) is 6. The van der Waals surface area contributed by atoms with Gasteiger partial charge in [-0.1, -0.05) is 48.5 Å². The lowest BCUT2D eigenvalue weighted by Gasteiger charge is -2.19. The first-order valence-electron chi connectivity index (χ1n) is 11.7. The Balaban J connectivity index is 1.25. The Labute approximate surface area is 206 Å². The third kappa shape index (κ3) is 7.96. The number of rotatable bonds is 16. The van der Waals surface area contributed by atoms with Gasteiger partial charge in [-0.05, 0) is 22.3 Å². The molecule has 2 aromatic carbocycles. The molecule has 2 aromatic rings. The number of alkyl halides is 1. The molecular weight excluding hydrogens is 458 g/mol. The molecule has 34 heavy (non-hydrogen) atoms. The molecule has 8 heteroatoms. The maximum atomic E-state index is 12.5. The minimum Gasteiger partial charge on any atom is -0.448 e. The van der Waals surface area contributed by atoms with Crippen molar-refractivity contribution in [1.82, 2.24) is 4.90 Å². The highest BCUT2D eigenvalue weighted by molar-refractivity contribution is 6.17. The number of hydrogen-bond donors (Lipinski definition) is 0. The van der Waals surface area contributed by atoms with E-state index in [0.717, 1.165) is 0 Å². The molecule has 0 radical (unpaired) electrons. The number of nitrogens with zero attached hydrogens (tertiary/aromatic N) is 1. The van der Waals surface area contributed by atoms with Crippen molar-refractivity contribution in [3.63, 3.8) is 0 Å². The van der Waals surface area contributed by atoms with Crippen LogP contribution in [-0.2, 0) is 23.7 Å². The van der Waals surface area contributed by atoms with Crippen molar-refractivity contribution in [2.45, 2.75) is 5.92 Å². The van der Waals surface area contributed by atoms with Crippen LogP contribution in [0.3, 0.4) is 0 Å². The van der Waals surface area contributed by atoms with Crippen molar-refractivity contribution in [2.75, 3.05) is 78.9 Å². The summed E-state index contributed by atoms with van der Waals surface area (Å²) in [5.74, 6) is 0.546. The second-order valence-corrected chi connectivity index (χ2v) is 8.24. The molecule has 1 aliphatic carbocycles. The van der Waals surface area contributed by atoms with Crippen molar-refractivity contribution in [2.24, 2.45) is 0 Å². The lowest BCUT2D eigenvalue weighted by Crippen LogP contribution is -2.32. The molecule has 0 aromatic heterocycles. The summed E-state index contributed by atoms with van der Waals surface area (Å²) < 4.78 is 27.2. The Kier molecular flexibility index (Phi) is 11.6. The monoisotopic (exact) mass is 491 g/mol. The quantitative estimate of drug-likeness (QED) is 0.259. The average Bonchev–Trinajstić information content (AvgIpc) is 3.19. The number of ether oxygens (including phenoxy) is 5. The molecule has 0 unspecified atom stereocenters. The molecular formula is C26H34ClNO6. The normalized spacial score (nSPS) is 12.4. The summed E-state index contributed by atoms with van der Waals surface area (Å²) in [6, 6.07) is 16.6. The van der Waals surface area contributed by atoms with E-state index >= 15 is 0 Å².